The topological polar surface area (TPSA) is 57.8 Å². The lowest BCUT2D eigenvalue weighted by Gasteiger charge is -2.06. The van der Waals surface area contributed by atoms with E-state index in [0.717, 1.165) is 11.3 Å². The zero-order chi connectivity index (χ0) is 12.3. The highest BCUT2D eigenvalue weighted by molar-refractivity contribution is 5.54. The first-order valence-corrected chi connectivity index (χ1v) is 5.52. The second-order valence-corrected chi connectivity index (χ2v) is 3.87. The molecule has 0 unspecified atom stereocenters. The van der Waals surface area contributed by atoms with E-state index in [-0.39, 0.29) is 5.56 Å². The van der Waals surface area contributed by atoms with E-state index in [2.05, 4.69) is 15.3 Å². The van der Waals surface area contributed by atoms with E-state index in [4.69, 9.17) is 0 Å². The van der Waals surface area contributed by atoms with Crippen LogP contribution in [0.3, 0.4) is 0 Å². The summed E-state index contributed by atoms with van der Waals surface area (Å²) in [6.07, 6.45) is 0. The van der Waals surface area contributed by atoms with Crippen LogP contribution in [-0.2, 0) is 6.54 Å². The summed E-state index contributed by atoms with van der Waals surface area (Å²) in [7, 11) is 1.81. The van der Waals surface area contributed by atoms with E-state index in [0.29, 0.717) is 17.9 Å². The van der Waals surface area contributed by atoms with Crippen molar-refractivity contribution in [1.29, 1.82) is 0 Å². The third kappa shape index (κ3) is 2.42. The van der Waals surface area contributed by atoms with E-state index in [1.165, 1.54) is 0 Å². The number of rotatable bonds is 3. The normalized spacial score (nSPS) is 10.5. The fraction of sp³-hybridized carbons (Fsp3) is 0.231. The lowest BCUT2D eigenvalue weighted by Crippen LogP contribution is -2.21. The Morgan fingerprint density at radius 3 is 2.59 bits per heavy atom. The number of nitrogens with one attached hydrogen (secondary N) is 2. The van der Waals surface area contributed by atoms with Crippen LogP contribution in [0.4, 0.5) is 0 Å². The van der Waals surface area contributed by atoms with E-state index in [9.17, 15) is 4.79 Å². The van der Waals surface area contributed by atoms with Crippen LogP contribution in [0.1, 0.15) is 11.3 Å². The molecule has 0 bridgehead atoms. The Balaban J connectivity index is 2.50. The van der Waals surface area contributed by atoms with Crippen LogP contribution in [0, 0.1) is 6.92 Å². The molecule has 0 saturated carbocycles. The lowest BCUT2D eigenvalue weighted by molar-refractivity contribution is 0.787. The summed E-state index contributed by atoms with van der Waals surface area (Å²) in [6.45, 7) is 2.39. The van der Waals surface area contributed by atoms with Gasteiger partial charge in [-0.05, 0) is 14.0 Å². The van der Waals surface area contributed by atoms with Gasteiger partial charge in [-0.2, -0.15) is 0 Å². The average molecular weight is 229 g/mol. The number of hydrogen-bond donors (Lipinski definition) is 2. The maximum absolute atomic E-state index is 11.9. The SMILES string of the molecule is CNCc1c(C)nc(-c2ccccc2)[nH]c1=O. The number of aryl methyl sites for hydroxylation is 1. The van der Waals surface area contributed by atoms with Gasteiger partial charge in [-0.3, -0.25) is 4.79 Å². The van der Waals surface area contributed by atoms with E-state index in [1.807, 2.05) is 44.3 Å². The highest BCUT2D eigenvalue weighted by atomic mass is 16.1. The molecule has 0 radical (unpaired) electrons. The van der Waals surface area contributed by atoms with Gasteiger partial charge in [0.25, 0.3) is 5.56 Å². The van der Waals surface area contributed by atoms with Crippen molar-refractivity contribution in [2.24, 2.45) is 0 Å². The summed E-state index contributed by atoms with van der Waals surface area (Å²) in [5, 5.41) is 2.96. The molecular weight excluding hydrogens is 214 g/mol. The molecule has 88 valence electrons. The molecule has 0 aliphatic rings. The molecule has 0 saturated heterocycles. The van der Waals surface area contributed by atoms with E-state index < -0.39 is 0 Å². The van der Waals surface area contributed by atoms with Crippen molar-refractivity contribution in [2.75, 3.05) is 7.05 Å². The summed E-state index contributed by atoms with van der Waals surface area (Å²) in [5.74, 6) is 0.618. The van der Waals surface area contributed by atoms with Crippen molar-refractivity contribution < 1.29 is 0 Å². The van der Waals surface area contributed by atoms with Gasteiger partial charge in [0.1, 0.15) is 5.82 Å². The van der Waals surface area contributed by atoms with Gasteiger partial charge >= 0.3 is 0 Å². The Bertz CT molecular complexity index is 561. The van der Waals surface area contributed by atoms with Crippen LogP contribution >= 0.6 is 0 Å². The molecule has 0 aliphatic heterocycles. The molecule has 4 nitrogen and oxygen atoms in total. The monoisotopic (exact) mass is 229 g/mol. The molecule has 2 N–H and O–H groups in total. The first-order chi connectivity index (χ1) is 8.22. The largest absolute Gasteiger partial charge is 0.315 e. The van der Waals surface area contributed by atoms with Gasteiger partial charge in [0, 0.05) is 17.8 Å². The molecular formula is C13H15N3O. The van der Waals surface area contributed by atoms with Crippen molar-refractivity contribution in [2.45, 2.75) is 13.5 Å². The first-order valence-electron chi connectivity index (χ1n) is 5.52. The molecule has 17 heavy (non-hydrogen) atoms. The predicted octanol–water partition coefficient (Wildman–Crippen LogP) is 1.46. The Hall–Kier alpha value is -1.94. The molecule has 0 spiro atoms. The third-order valence-corrected chi connectivity index (χ3v) is 2.62. The highest BCUT2D eigenvalue weighted by Crippen LogP contribution is 2.13. The number of H-pyrrole nitrogens is 1. The van der Waals surface area contributed by atoms with Gasteiger partial charge in [0.2, 0.25) is 0 Å². The van der Waals surface area contributed by atoms with Crippen molar-refractivity contribution in [3.05, 3.63) is 51.9 Å². The molecule has 1 heterocycles. The second-order valence-electron chi connectivity index (χ2n) is 3.87. The van der Waals surface area contributed by atoms with Gasteiger partial charge < -0.3 is 10.3 Å². The number of benzene rings is 1. The number of aromatic nitrogens is 2. The quantitative estimate of drug-likeness (QED) is 0.837. The molecule has 2 rings (SSSR count). The van der Waals surface area contributed by atoms with Crippen LogP contribution in [0.2, 0.25) is 0 Å². The summed E-state index contributed by atoms with van der Waals surface area (Å²) in [4.78, 5) is 19.1. The van der Waals surface area contributed by atoms with Crippen LogP contribution in [0.25, 0.3) is 11.4 Å². The molecule has 1 aromatic carbocycles. The Kier molecular flexibility index (Phi) is 3.35. The van der Waals surface area contributed by atoms with Crippen molar-refractivity contribution in [3.63, 3.8) is 0 Å². The van der Waals surface area contributed by atoms with Crippen LogP contribution in [0.15, 0.2) is 35.1 Å². The number of hydrogen-bond acceptors (Lipinski definition) is 3. The Labute approximate surface area is 99.7 Å². The minimum Gasteiger partial charge on any atom is -0.315 e. The Morgan fingerprint density at radius 1 is 1.29 bits per heavy atom. The van der Waals surface area contributed by atoms with Gasteiger partial charge in [-0.25, -0.2) is 4.98 Å². The summed E-state index contributed by atoms with van der Waals surface area (Å²) in [6, 6.07) is 9.63. The van der Waals surface area contributed by atoms with Crippen LogP contribution in [0.5, 0.6) is 0 Å². The highest BCUT2D eigenvalue weighted by Gasteiger charge is 2.08. The van der Waals surface area contributed by atoms with Crippen LogP contribution in [-0.4, -0.2) is 17.0 Å². The standard InChI is InChI=1S/C13H15N3O/c1-9-11(8-14-2)13(17)16-12(15-9)10-6-4-3-5-7-10/h3-7,14H,8H2,1-2H3,(H,15,16,17). The van der Waals surface area contributed by atoms with Crippen molar-refractivity contribution in [3.8, 4) is 11.4 Å². The molecule has 2 aromatic rings. The second kappa shape index (κ2) is 4.93. The number of aromatic amines is 1. The maximum atomic E-state index is 11.9. The predicted molar refractivity (Wildman–Crippen MR) is 67.8 cm³/mol. The average Bonchev–Trinajstić information content (AvgIpc) is 2.35. The molecule has 0 atom stereocenters. The molecule has 0 amide bonds. The molecule has 4 heteroatoms. The zero-order valence-corrected chi connectivity index (χ0v) is 9.95. The van der Waals surface area contributed by atoms with Crippen molar-refractivity contribution in [1.82, 2.24) is 15.3 Å². The van der Waals surface area contributed by atoms with Crippen molar-refractivity contribution >= 4 is 0 Å². The zero-order valence-electron chi connectivity index (χ0n) is 9.95. The Morgan fingerprint density at radius 2 is 2.00 bits per heavy atom. The lowest BCUT2D eigenvalue weighted by atomic mass is 10.2. The van der Waals surface area contributed by atoms with Crippen LogP contribution < -0.4 is 10.9 Å². The van der Waals surface area contributed by atoms with E-state index in [1.54, 1.807) is 0 Å². The summed E-state index contributed by atoms with van der Waals surface area (Å²) in [5.41, 5.74) is 2.29. The number of nitrogens with zero attached hydrogens (tertiary/aromatic N) is 1. The molecule has 1 aromatic heterocycles. The maximum Gasteiger partial charge on any atom is 0.255 e. The van der Waals surface area contributed by atoms with Gasteiger partial charge in [0.05, 0.1) is 5.56 Å². The summed E-state index contributed by atoms with van der Waals surface area (Å²) >= 11 is 0. The first kappa shape index (κ1) is 11.5. The molecule has 0 aliphatic carbocycles. The van der Waals surface area contributed by atoms with Gasteiger partial charge in [0.15, 0.2) is 0 Å². The van der Waals surface area contributed by atoms with Gasteiger partial charge in [-0.1, -0.05) is 30.3 Å². The minimum absolute atomic E-state index is 0.0781. The smallest absolute Gasteiger partial charge is 0.255 e. The molecule has 0 fully saturated rings. The fourth-order valence-electron chi connectivity index (χ4n) is 1.73. The van der Waals surface area contributed by atoms with Gasteiger partial charge in [-0.15, -0.1) is 0 Å². The van der Waals surface area contributed by atoms with E-state index >= 15 is 0 Å². The third-order valence-electron chi connectivity index (χ3n) is 2.62. The minimum atomic E-state index is -0.0781. The fourth-order valence-corrected chi connectivity index (χ4v) is 1.73. The summed E-state index contributed by atoms with van der Waals surface area (Å²) < 4.78 is 0.